The van der Waals surface area contributed by atoms with Crippen molar-refractivity contribution in [1.82, 2.24) is 28.7 Å². The van der Waals surface area contributed by atoms with Crippen LogP contribution < -0.4 is 5.69 Å². The molecule has 3 heterocycles. The van der Waals surface area contributed by atoms with Gasteiger partial charge in [0.1, 0.15) is 12.2 Å². The Labute approximate surface area is 211 Å². The number of rotatable bonds is 6. The van der Waals surface area contributed by atoms with Gasteiger partial charge in [-0.05, 0) is 51.6 Å². The lowest BCUT2D eigenvalue weighted by atomic mass is 10.0. The van der Waals surface area contributed by atoms with E-state index in [4.69, 9.17) is 5.10 Å². The highest BCUT2D eigenvalue weighted by atomic mass is 16.2. The van der Waals surface area contributed by atoms with Crippen LogP contribution in [-0.2, 0) is 24.4 Å². The number of aryl methyl sites for hydroxylation is 3. The van der Waals surface area contributed by atoms with E-state index in [0.717, 1.165) is 65.2 Å². The Morgan fingerprint density at radius 3 is 2.33 bits per heavy atom. The molecule has 1 saturated heterocycles. The number of nitrogens with zero attached hydrogens (tertiary/aromatic N) is 6. The lowest BCUT2D eigenvalue weighted by Gasteiger charge is -2.32. The molecule has 2 aromatic heterocycles. The first-order valence-corrected chi connectivity index (χ1v) is 12.7. The molecule has 2 aromatic carbocycles. The number of fused-ring (bicyclic) bond motifs is 1. The van der Waals surface area contributed by atoms with Crippen molar-refractivity contribution in [2.24, 2.45) is 0 Å². The molecule has 0 aliphatic carbocycles. The van der Waals surface area contributed by atoms with Crippen molar-refractivity contribution in [2.75, 3.05) is 33.2 Å². The number of carbonyl (C=O) groups excluding carboxylic acids is 1. The molecule has 0 atom stereocenters. The summed E-state index contributed by atoms with van der Waals surface area (Å²) in [5.74, 6) is 0.0863. The minimum atomic E-state index is 0.0134. The third-order valence-corrected chi connectivity index (χ3v) is 7.17. The average Bonchev–Trinajstić information content (AvgIpc) is 3.41. The second kappa shape index (κ2) is 9.78. The maximum Gasteiger partial charge on any atom is 0.329 e. The Morgan fingerprint density at radius 1 is 0.917 bits per heavy atom. The highest BCUT2D eigenvalue weighted by Gasteiger charge is 2.22. The minimum absolute atomic E-state index is 0.0134. The van der Waals surface area contributed by atoms with Crippen LogP contribution in [0.5, 0.6) is 0 Å². The maximum absolute atomic E-state index is 13.1. The molecule has 1 amide bonds. The fourth-order valence-electron chi connectivity index (χ4n) is 5.11. The van der Waals surface area contributed by atoms with Crippen LogP contribution in [0, 0.1) is 6.92 Å². The summed E-state index contributed by atoms with van der Waals surface area (Å²) in [7, 11) is 2.08. The van der Waals surface area contributed by atoms with E-state index < -0.39 is 0 Å². The molecular weight excluding hydrogens is 452 g/mol. The molecule has 0 bridgehead atoms. The van der Waals surface area contributed by atoms with Gasteiger partial charge in [0.15, 0.2) is 0 Å². The van der Waals surface area contributed by atoms with Crippen molar-refractivity contribution in [3.05, 3.63) is 64.7 Å². The molecule has 4 aromatic rings. The van der Waals surface area contributed by atoms with Crippen LogP contribution in [-0.4, -0.2) is 67.8 Å². The standard InChI is InChI=1S/C28H34N6O2/c1-5-33-24-11-10-21(17-25(24)34(6-2)28(33)36)23-18-32(19-26(35)31-14-12-30(4)13-15-31)29-27(23)22-9-7-8-20(3)16-22/h7-11,16-18H,5-6,12-15,19H2,1-4H3. The smallest absolute Gasteiger partial charge is 0.329 e. The van der Waals surface area contributed by atoms with Crippen LogP contribution in [0.4, 0.5) is 0 Å². The van der Waals surface area contributed by atoms with Crippen molar-refractivity contribution in [3.8, 4) is 22.4 Å². The van der Waals surface area contributed by atoms with Gasteiger partial charge in [-0.15, -0.1) is 0 Å². The molecule has 36 heavy (non-hydrogen) atoms. The molecule has 0 N–H and O–H groups in total. The molecule has 0 spiro atoms. The Kier molecular flexibility index (Phi) is 6.53. The van der Waals surface area contributed by atoms with Gasteiger partial charge >= 0.3 is 5.69 Å². The zero-order valence-electron chi connectivity index (χ0n) is 21.6. The summed E-state index contributed by atoms with van der Waals surface area (Å²) < 4.78 is 5.39. The average molecular weight is 487 g/mol. The van der Waals surface area contributed by atoms with Crippen LogP contribution in [0.15, 0.2) is 53.5 Å². The third-order valence-electron chi connectivity index (χ3n) is 7.17. The quantitative estimate of drug-likeness (QED) is 0.419. The number of hydrogen-bond donors (Lipinski definition) is 0. The summed E-state index contributed by atoms with van der Waals surface area (Å²) in [4.78, 5) is 30.1. The van der Waals surface area contributed by atoms with E-state index >= 15 is 0 Å². The van der Waals surface area contributed by atoms with Gasteiger partial charge in [-0.3, -0.25) is 18.6 Å². The van der Waals surface area contributed by atoms with Crippen LogP contribution in [0.1, 0.15) is 19.4 Å². The fraction of sp³-hybridized carbons (Fsp3) is 0.393. The first kappa shape index (κ1) is 24.1. The second-order valence-corrected chi connectivity index (χ2v) is 9.62. The SMILES string of the molecule is CCn1c(=O)n(CC)c2cc(-c3cn(CC(=O)N4CCN(C)CC4)nc3-c3cccc(C)c3)ccc21. The number of piperazine rings is 1. The van der Waals surface area contributed by atoms with Crippen molar-refractivity contribution >= 4 is 16.9 Å². The molecule has 1 aliphatic heterocycles. The first-order chi connectivity index (χ1) is 17.4. The van der Waals surface area contributed by atoms with Gasteiger partial charge in [-0.2, -0.15) is 5.10 Å². The van der Waals surface area contributed by atoms with E-state index in [1.807, 2.05) is 46.2 Å². The Bertz CT molecular complexity index is 1470. The molecule has 1 aliphatic rings. The van der Waals surface area contributed by atoms with Gasteiger partial charge in [-0.1, -0.05) is 29.8 Å². The van der Waals surface area contributed by atoms with Gasteiger partial charge in [0.2, 0.25) is 5.91 Å². The monoisotopic (exact) mass is 486 g/mol. The predicted molar refractivity (Wildman–Crippen MR) is 143 cm³/mol. The highest BCUT2D eigenvalue weighted by Crippen LogP contribution is 2.33. The highest BCUT2D eigenvalue weighted by molar-refractivity contribution is 5.88. The topological polar surface area (TPSA) is 68.3 Å². The number of imidazole rings is 1. The summed E-state index contributed by atoms with van der Waals surface area (Å²) in [5, 5.41) is 4.89. The van der Waals surface area contributed by atoms with Crippen LogP contribution in [0.2, 0.25) is 0 Å². The lowest BCUT2D eigenvalue weighted by molar-refractivity contribution is -0.133. The summed E-state index contributed by atoms with van der Waals surface area (Å²) in [6.45, 7) is 10.8. The molecule has 188 valence electrons. The third kappa shape index (κ3) is 4.37. The Hall–Kier alpha value is -3.65. The van der Waals surface area contributed by atoms with E-state index in [-0.39, 0.29) is 18.1 Å². The van der Waals surface area contributed by atoms with Crippen molar-refractivity contribution in [2.45, 2.75) is 40.4 Å². The van der Waals surface area contributed by atoms with Crippen molar-refractivity contribution < 1.29 is 4.79 Å². The van der Waals surface area contributed by atoms with E-state index in [2.05, 4.69) is 49.2 Å². The Morgan fingerprint density at radius 2 is 1.64 bits per heavy atom. The van der Waals surface area contributed by atoms with E-state index in [1.165, 1.54) is 0 Å². The number of likely N-dealkylation sites (N-methyl/N-ethyl adjacent to an activating group) is 1. The minimum Gasteiger partial charge on any atom is -0.339 e. The van der Waals surface area contributed by atoms with Gasteiger partial charge in [0, 0.05) is 56.6 Å². The second-order valence-electron chi connectivity index (χ2n) is 9.62. The van der Waals surface area contributed by atoms with Crippen molar-refractivity contribution in [1.29, 1.82) is 0 Å². The number of benzene rings is 2. The van der Waals surface area contributed by atoms with Gasteiger partial charge < -0.3 is 9.80 Å². The molecule has 8 nitrogen and oxygen atoms in total. The molecule has 1 fully saturated rings. The number of hydrogen-bond acceptors (Lipinski definition) is 4. The molecule has 0 unspecified atom stereocenters. The summed E-state index contributed by atoms with van der Waals surface area (Å²) in [6, 6.07) is 14.4. The zero-order valence-corrected chi connectivity index (χ0v) is 21.6. The molecular formula is C28H34N6O2. The lowest BCUT2D eigenvalue weighted by Crippen LogP contribution is -2.48. The number of amides is 1. The molecule has 8 heteroatoms. The van der Waals surface area contributed by atoms with Gasteiger partial charge in [0.25, 0.3) is 0 Å². The predicted octanol–water partition coefficient (Wildman–Crippen LogP) is 3.46. The normalized spacial score (nSPS) is 14.6. The number of aromatic nitrogens is 4. The molecule has 5 rings (SSSR count). The molecule has 0 saturated carbocycles. The first-order valence-electron chi connectivity index (χ1n) is 12.7. The van der Waals surface area contributed by atoms with Gasteiger partial charge in [-0.25, -0.2) is 4.79 Å². The van der Waals surface area contributed by atoms with E-state index in [9.17, 15) is 9.59 Å². The van der Waals surface area contributed by atoms with Crippen LogP contribution >= 0.6 is 0 Å². The van der Waals surface area contributed by atoms with Gasteiger partial charge in [0.05, 0.1) is 11.0 Å². The van der Waals surface area contributed by atoms with E-state index in [1.54, 1.807) is 4.68 Å². The van der Waals surface area contributed by atoms with E-state index in [0.29, 0.717) is 13.1 Å². The summed E-state index contributed by atoms with van der Waals surface area (Å²) in [6.07, 6.45) is 1.97. The fourth-order valence-corrected chi connectivity index (χ4v) is 5.11. The number of carbonyl (C=O) groups is 1. The summed E-state index contributed by atoms with van der Waals surface area (Å²) in [5.41, 5.74) is 6.79. The maximum atomic E-state index is 13.1. The van der Waals surface area contributed by atoms with Crippen LogP contribution in [0.25, 0.3) is 33.4 Å². The zero-order chi connectivity index (χ0) is 25.4. The van der Waals surface area contributed by atoms with Crippen LogP contribution in [0.3, 0.4) is 0 Å². The Balaban J connectivity index is 1.58. The summed E-state index contributed by atoms with van der Waals surface area (Å²) >= 11 is 0. The molecule has 0 radical (unpaired) electrons. The largest absolute Gasteiger partial charge is 0.339 e. The van der Waals surface area contributed by atoms with Crippen molar-refractivity contribution in [3.63, 3.8) is 0 Å².